The van der Waals surface area contributed by atoms with Gasteiger partial charge in [-0.1, -0.05) is 42.2 Å². The van der Waals surface area contributed by atoms with Crippen LogP contribution in [0, 0.1) is 5.82 Å². The number of thiocarbonyl (C=S) groups is 1. The van der Waals surface area contributed by atoms with E-state index in [1.54, 1.807) is 18.2 Å². The Morgan fingerprint density at radius 2 is 1.97 bits per heavy atom. The number of nitrogens with zero attached hydrogens (tertiary/aromatic N) is 1. The van der Waals surface area contributed by atoms with Gasteiger partial charge in [-0.25, -0.2) is 9.18 Å². The summed E-state index contributed by atoms with van der Waals surface area (Å²) in [6.45, 7) is 0.0182. The molecule has 3 N–H and O–H groups in total. The third kappa shape index (κ3) is 4.84. The smallest absolute Gasteiger partial charge is 0.339 e. The molecule has 1 heterocycles. The van der Waals surface area contributed by atoms with Crippen LogP contribution in [0.4, 0.5) is 10.1 Å². The molecule has 154 valence electrons. The van der Waals surface area contributed by atoms with Gasteiger partial charge in [0.25, 0.3) is 5.91 Å². The van der Waals surface area contributed by atoms with Crippen LogP contribution in [0.5, 0.6) is 5.75 Å². The molecule has 1 aliphatic rings. The van der Waals surface area contributed by atoms with E-state index < -0.39 is 29.4 Å². The number of carboxylic acid groups (broad SMARTS) is 1. The molecule has 0 atom stereocenters. The van der Waals surface area contributed by atoms with Crippen LogP contribution in [-0.4, -0.2) is 43.8 Å². The van der Waals surface area contributed by atoms with Crippen molar-refractivity contribution in [3.63, 3.8) is 0 Å². The fourth-order valence-electron chi connectivity index (χ4n) is 2.65. The topological polar surface area (TPSA) is 107 Å². The fourth-order valence-corrected chi connectivity index (χ4v) is 3.95. The van der Waals surface area contributed by atoms with Gasteiger partial charge in [-0.3, -0.25) is 14.5 Å². The van der Waals surface area contributed by atoms with E-state index >= 15 is 0 Å². The lowest BCUT2D eigenvalue weighted by atomic mass is 10.2. The normalized spacial score (nSPS) is 15.0. The van der Waals surface area contributed by atoms with Crippen LogP contribution in [0.3, 0.4) is 0 Å². The number of carboxylic acids is 1. The van der Waals surface area contributed by atoms with Gasteiger partial charge in [-0.2, -0.15) is 0 Å². The largest absolute Gasteiger partial charge is 0.507 e. The number of hydrogen-bond acceptors (Lipinski definition) is 6. The second-order valence-corrected chi connectivity index (χ2v) is 7.87. The van der Waals surface area contributed by atoms with Crippen molar-refractivity contribution in [3.05, 3.63) is 64.3 Å². The van der Waals surface area contributed by atoms with E-state index in [9.17, 15) is 23.9 Å². The zero-order valence-electron chi connectivity index (χ0n) is 15.3. The Kier molecular flexibility index (Phi) is 6.48. The number of halogens is 1. The Hall–Kier alpha value is -3.24. The monoisotopic (exact) mass is 446 g/mol. The number of benzene rings is 2. The second kappa shape index (κ2) is 9.06. The maximum atomic E-state index is 13.8. The molecule has 0 radical (unpaired) electrons. The van der Waals surface area contributed by atoms with Crippen molar-refractivity contribution >= 4 is 57.8 Å². The minimum atomic E-state index is -1.29. The van der Waals surface area contributed by atoms with E-state index in [-0.39, 0.29) is 39.0 Å². The number of aromatic carboxylic acids is 1. The van der Waals surface area contributed by atoms with Crippen LogP contribution < -0.4 is 5.32 Å². The number of phenols is 1. The molecule has 0 saturated carbocycles. The van der Waals surface area contributed by atoms with E-state index in [1.807, 2.05) is 0 Å². The summed E-state index contributed by atoms with van der Waals surface area (Å²) in [6.07, 6.45) is 1.34. The average molecular weight is 446 g/mol. The fraction of sp³-hybridized carbons (Fsp3) is 0.100. The second-order valence-electron chi connectivity index (χ2n) is 6.19. The molecule has 0 spiro atoms. The first-order chi connectivity index (χ1) is 14.3. The summed E-state index contributed by atoms with van der Waals surface area (Å²) in [5, 5.41) is 21.1. The van der Waals surface area contributed by atoms with E-state index in [2.05, 4.69) is 5.32 Å². The maximum Gasteiger partial charge on any atom is 0.339 e. The zero-order valence-corrected chi connectivity index (χ0v) is 16.9. The predicted octanol–water partition coefficient (Wildman–Crippen LogP) is 3.46. The van der Waals surface area contributed by atoms with Gasteiger partial charge < -0.3 is 15.5 Å². The molecular weight excluding hydrogens is 431 g/mol. The first-order valence-corrected chi connectivity index (χ1v) is 9.85. The molecule has 10 heteroatoms. The van der Waals surface area contributed by atoms with Gasteiger partial charge in [0, 0.05) is 30.3 Å². The predicted molar refractivity (Wildman–Crippen MR) is 115 cm³/mol. The van der Waals surface area contributed by atoms with Crippen LogP contribution in [-0.2, 0) is 9.59 Å². The highest BCUT2D eigenvalue weighted by Crippen LogP contribution is 2.33. The summed E-state index contributed by atoms with van der Waals surface area (Å²) in [5.41, 5.74) is 0.194. The molecule has 1 aliphatic heterocycles. The van der Waals surface area contributed by atoms with Gasteiger partial charge in [-0.05, 0) is 24.3 Å². The van der Waals surface area contributed by atoms with E-state index in [0.29, 0.717) is 0 Å². The van der Waals surface area contributed by atoms with Crippen molar-refractivity contribution in [1.82, 2.24) is 4.90 Å². The van der Waals surface area contributed by atoms with Gasteiger partial charge in [0.15, 0.2) is 0 Å². The highest BCUT2D eigenvalue weighted by Gasteiger charge is 2.32. The van der Waals surface area contributed by atoms with Crippen molar-refractivity contribution in [2.75, 3.05) is 11.9 Å². The number of rotatable bonds is 6. The highest BCUT2D eigenvalue weighted by molar-refractivity contribution is 8.26. The Morgan fingerprint density at radius 1 is 1.23 bits per heavy atom. The van der Waals surface area contributed by atoms with E-state index in [4.69, 9.17) is 17.3 Å². The summed E-state index contributed by atoms with van der Waals surface area (Å²) in [4.78, 5) is 37.2. The lowest BCUT2D eigenvalue weighted by molar-refractivity contribution is -0.122. The van der Waals surface area contributed by atoms with Crippen LogP contribution in [0.15, 0.2) is 47.4 Å². The van der Waals surface area contributed by atoms with Crippen molar-refractivity contribution in [3.8, 4) is 5.75 Å². The number of amides is 2. The summed E-state index contributed by atoms with van der Waals surface area (Å²) in [5.74, 6) is -3.09. The summed E-state index contributed by atoms with van der Waals surface area (Å²) in [7, 11) is 0. The van der Waals surface area contributed by atoms with Crippen LogP contribution >= 0.6 is 24.0 Å². The quantitative estimate of drug-likeness (QED) is 0.461. The van der Waals surface area contributed by atoms with Gasteiger partial charge in [0.2, 0.25) is 5.91 Å². The highest BCUT2D eigenvalue weighted by atomic mass is 32.2. The maximum absolute atomic E-state index is 13.8. The number of carbonyl (C=O) groups is 3. The average Bonchev–Trinajstić information content (AvgIpc) is 2.94. The number of nitrogens with one attached hydrogen (secondary N) is 1. The van der Waals surface area contributed by atoms with E-state index in [1.165, 1.54) is 29.2 Å². The molecule has 0 aromatic heterocycles. The molecule has 0 bridgehead atoms. The number of anilines is 1. The van der Waals surface area contributed by atoms with Crippen molar-refractivity contribution < 1.29 is 29.0 Å². The lowest BCUT2D eigenvalue weighted by Gasteiger charge is -2.14. The molecule has 2 aromatic carbocycles. The van der Waals surface area contributed by atoms with Crippen LogP contribution in [0.2, 0.25) is 0 Å². The third-order valence-electron chi connectivity index (χ3n) is 4.14. The summed E-state index contributed by atoms with van der Waals surface area (Å²) in [6, 6.07) is 9.67. The molecule has 30 heavy (non-hydrogen) atoms. The van der Waals surface area contributed by atoms with Gasteiger partial charge in [0.1, 0.15) is 21.5 Å². The van der Waals surface area contributed by atoms with Crippen molar-refractivity contribution in [2.24, 2.45) is 0 Å². The zero-order chi connectivity index (χ0) is 21.8. The Labute approximate surface area is 180 Å². The molecule has 2 aromatic rings. The molecule has 7 nitrogen and oxygen atoms in total. The van der Waals surface area contributed by atoms with Crippen LogP contribution in [0.25, 0.3) is 6.08 Å². The lowest BCUT2D eigenvalue weighted by Crippen LogP contribution is -2.31. The molecular formula is C20H15FN2O5S2. The molecule has 1 fully saturated rings. The first kappa shape index (κ1) is 21.5. The number of aromatic hydroxyl groups is 1. The van der Waals surface area contributed by atoms with Crippen LogP contribution in [0.1, 0.15) is 22.3 Å². The standard InChI is InChI=1S/C20H15FN2O5S2/c21-14-4-2-1-3-11(14)9-16-18(26)23(20(29)30-16)8-7-17(25)22-12-5-6-13(19(27)28)15(24)10-12/h1-6,9-10,24H,7-8H2,(H,22,25)(H,27,28)/b16-9-. The summed E-state index contributed by atoms with van der Waals surface area (Å²) >= 11 is 6.22. The third-order valence-corrected chi connectivity index (χ3v) is 5.52. The number of hydrogen-bond donors (Lipinski definition) is 3. The Bertz CT molecular complexity index is 1090. The number of thioether (sulfide) groups is 1. The molecule has 2 amide bonds. The molecule has 3 rings (SSSR count). The minimum Gasteiger partial charge on any atom is -0.507 e. The minimum absolute atomic E-state index is 0.0182. The van der Waals surface area contributed by atoms with Gasteiger partial charge >= 0.3 is 5.97 Å². The van der Waals surface area contributed by atoms with E-state index in [0.717, 1.165) is 17.8 Å². The van der Waals surface area contributed by atoms with Gasteiger partial charge in [-0.15, -0.1) is 0 Å². The Morgan fingerprint density at radius 3 is 2.63 bits per heavy atom. The SMILES string of the molecule is O=C(CCN1C(=O)/C(=C/c2ccccc2F)SC1=S)Nc1ccc(C(=O)O)c(O)c1. The van der Waals surface area contributed by atoms with Crippen molar-refractivity contribution in [1.29, 1.82) is 0 Å². The Balaban J connectivity index is 1.61. The molecule has 0 unspecified atom stereocenters. The number of carbonyl (C=O) groups excluding carboxylic acids is 2. The summed E-state index contributed by atoms with van der Waals surface area (Å²) < 4.78 is 14.1. The van der Waals surface area contributed by atoms with Gasteiger partial charge in [0.05, 0.1) is 4.91 Å². The van der Waals surface area contributed by atoms with Crippen molar-refractivity contribution in [2.45, 2.75) is 6.42 Å². The molecule has 0 aliphatic carbocycles. The first-order valence-electron chi connectivity index (χ1n) is 8.62. The molecule has 1 saturated heterocycles.